The third-order valence-corrected chi connectivity index (χ3v) is 4.37. The van der Waals surface area contributed by atoms with Gasteiger partial charge in [-0.15, -0.1) is 0 Å². The van der Waals surface area contributed by atoms with Gasteiger partial charge in [-0.05, 0) is 41.4 Å². The van der Waals surface area contributed by atoms with Gasteiger partial charge >= 0.3 is 0 Å². The van der Waals surface area contributed by atoms with Crippen molar-refractivity contribution < 1.29 is 4.74 Å². The van der Waals surface area contributed by atoms with Gasteiger partial charge < -0.3 is 10.5 Å². The summed E-state index contributed by atoms with van der Waals surface area (Å²) < 4.78 is 6.95. The van der Waals surface area contributed by atoms with Gasteiger partial charge in [0.1, 0.15) is 11.9 Å². The van der Waals surface area contributed by atoms with Crippen molar-refractivity contribution in [2.24, 2.45) is 5.73 Å². The van der Waals surface area contributed by atoms with Crippen LogP contribution in [0.4, 0.5) is 0 Å². The van der Waals surface area contributed by atoms with Gasteiger partial charge in [0, 0.05) is 16.1 Å². The molecule has 2 rings (SSSR count). The van der Waals surface area contributed by atoms with Gasteiger partial charge in [0.25, 0.3) is 0 Å². The van der Waals surface area contributed by atoms with Crippen LogP contribution in [0.1, 0.15) is 25.0 Å². The Labute approximate surface area is 130 Å². The molecule has 1 heterocycles. The fraction of sp³-hybridized carbons (Fsp3) is 0.286. The molecule has 1 aromatic heterocycles. The van der Waals surface area contributed by atoms with E-state index in [-0.39, 0.29) is 12.1 Å². The first-order valence-electron chi connectivity index (χ1n) is 6.01. The third kappa shape index (κ3) is 3.72. The molecule has 0 aliphatic heterocycles. The molecule has 2 N–H and O–H groups in total. The second-order valence-electron chi connectivity index (χ2n) is 4.24. The van der Waals surface area contributed by atoms with E-state index in [4.69, 9.17) is 22.1 Å². The Hall–Kier alpha value is -0.550. The van der Waals surface area contributed by atoms with Gasteiger partial charge in [-0.1, -0.05) is 34.5 Å². The summed E-state index contributed by atoms with van der Waals surface area (Å²) in [5.74, 6) is 0.657. The van der Waals surface area contributed by atoms with Crippen LogP contribution in [-0.4, -0.2) is 6.04 Å². The summed E-state index contributed by atoms with van der Waals surface area (Å²) in [5, 5.41) is 4.67. The first-order chi connectivity index (χ1) is 9.11. The van der Waals surface area contributed by atoms with Gasteiger partial charge in [-0.2, -0.15) is 11.3 Å². The highest BCUT2D eigenvalue weighted by Crippen LogP contribution is 2.33. The van der Waals surface area contributed by atoms with Crippen molar-refractivity contribution in [3.8, 4) is 5.75 Å². The van der Waals surface area contributed by atoms with Crippen LogP contribution in [0, 0.1) is 0 Å². The molecule has 5 heteroatoms. The smallest absolute Gasteiger partial charge is 0.140 e. The molecule has 2 atom stereocenters. The van der Waals surface area contributed by atoms with E-state index >= 15 is 0 Å². The van der Waals surface area contributed by atoms with Crippen LogP contribution in [0.5, 0.6) is 5.75 Å². The molecule has 0 amide bonds. The highest BCUT2D eigenvalue weighted by molar-refractivity contribution is 9.10. The fourth-order valence-electron chi connectivity index (χ4n) is 1.76. The predicted octanol–water partition coefficient (Wildman–Crippen LogP) is 5.02. The number of ether oxygens (including phenoxy) is 1. The Morgan fingerprint density at radius 3 is 2.79 bits per heavy atom. The highest BCUT2D eigenvalue weighted by atomic mass is 79.9. The molecule has 0 fully saturated rings. The number of rotatable bonds is 5. The van der Waals surface area contributed by atoms with E-state index in [1.54, 1.807) is 11.3 Å². The number of nitrogens with two attached hydrogens (primary N) is 1. The predicted molar refractivity (Wildman–Crippen MR) is 85.1 cm³/mol. The topological polar surface area (TPSA) is 35.2 Å². The summed E-state index contributed by atoms with van der Waals surface area (Å²) in [7, 11) is 0. The second kappa shape index (κ2) is 6.75. The monoisotopic (exact) mass is 359 g/mol. The fourth-order valence-corrected chi connectivity index (χ4v) is 3.16. The van der Waals surface area contributed by atoms with Gasteiger partial charge in [-0.25, -0.2) is 0 Å². The molecule has 0 spiro atoms. The molecule has 102 valence electrons. The molecular weight excluding hydrogens is 346 g/mol. The van der Waals surface area contributed by atoms with E-state index in [1.807, 2.05) is 29.6 Å². The van der Waals surface area contributed by atoms with E-state index in [0.717, 1.165) is 16.5 Å². The Morgan fingerprint density at radius 1 is 1.42 bits per heavy atom. The summed E-state index contributed by atoms with van der Waals surface area (Å²) in [6, 6.07) is 7.56. The first kappa shape index (κ1) is 14.9. The number of halogens is 2. The van der Waals surface area contributed by atoms with Crippen molar-refractivity contribution in [1.82, 2.24) is 0 Å². The van der Waals surface area contributed by atoms with Crippen molar-refractivity contribution in [3.63, 3.8) is 0 Å². The Balaban J connectivity index is 2.25. The largest absolute Gasteiger partial charge is 0.483 e. The number of hydrogen-bond donors (Lipinski definition) is 1. The zero-order valence-electron chi connectivity index (χ0n) is 10.5. The Morgan fingerprint density at radius 2 is 2.21 bits per heavy atom. The highest BCUT2D eigenvalue weighted by Gasteiger charge is 2.21. The minimum absolute atomic E-state index is 0.0608. The van der Waals surface area contributed by atoms with E-state index < -0.39 is 0 Å². The maximum atomic E-state index is 6.19. The lowest BCUT2D eigenvalue weighted by molar-refractivity contribution is 0.171. The standard InChI is InChI=1S/C14H15BrClNOS/c1-2-12(17)14(9-5-6-19-8-9)18-13-4-3-10(15)7-11(13)16/h3-8,12,14H,2,17H2,1H3. The van der Waals surface area contributed by atoms with E-state index in [0.29, 0.717) is 10.8 Å². The summed E-state index contributed by atoms with van der Waals surface area (Å²) in [6.45, 7) is 2.05. The van der Waals surface area contributed by atoms with Gasteiger partial charge in [0.15, 0.2) is 0 Å². The molecule has 0 radical (unpaired) electrons. The van der Waals surface area contributed by atoms with E-state index in [9.17, 15) is 0 Å². The molecule has 0 aliphatic rings. The first-order valence-corrected chi connectivity index (χ1v) is 8.12. The average Bonchev–Trinajstić information content (AvgIpc) is 2.91. The molecule has 1 aromatic carbocycles. The SMILES string of the molecule is CCC(N)C(Oc1ccc(Br)cc1Cl)c1ccsc1. The second-order valence-corrected chi connectivity index (χ2v) is 6.34. The normalized spacial score (nSPS) is 14.1. The maximum absolute atomic E-state index is 6.19. The summed E-state index contributed by atoms with van der Waals surface area (Å²) in [5.41, 5.74) is 7.26. The molecule has 2 unspecified atom stereocenters. The summed E-state index contributed by atoms with van der Waals surface area (Å²) in [6.07, 6.45) is 0.671. The van der Waals surface area contributed by atoms with Crippen LogP contribution in [-0.2, 0) is 0 Å². The lowest BCUT2D eigenvalue weighted by Gasteiger charge is -2.24. The number of benzene rings is 1. The molecule has 2 nitrogen and oxygen atoms in total. The Kier molecular flexibility index (Phi) is 5.28. The molecule has 0 saturated heterocycles. The zero-order valence-corrected chi connectivity index (χ0v) is 13.6. The lowest BCUT2D eigenvalue weighted by atomic mass is 10.0. The van der Waals surface area contributed by atoms with Crippen LogP contribution < -0.4 is 10.5 Å². The third-order valence-electron chi connectivity index (χ3n) is 2.88. The van der Waals surface area contributed by atoms with Gasteiger partial charge in [0.05, 0.1) is 5.02 Å². The quantitative estimate of drug-likeness (QED) is 0.812. The molecular formula is C14H15BrClNOS. The molecule has 0 bridgehead atoms. The minimum atomic E-state index is -0.171. The van der Waals surface area contributed by atoms with Crippen molar-refractivity contribution in [2.45, 2.75) is 25.5 Å². The van der Waals surface area contributed by atoms with Gasteiger partial charge in [0.2, 0.25) is 0 Å². The molecule has 0 aliphatic carbocycles. The van der Waals surface area contributed by atoms with Crippen molar-refractivity contribution >= 4 is 38.9 Å². The van der Waals surface area contributed by atoms with Crippen LogP contribution in [0.2, 0.25) is 5.02 Å². The van der Waals surface area contributed by atoms with Crippen LogP contribution in [0.15, 0.2) is 39.5 Å². The summed E-state index contributed by atoms with van der Waals surface area (Å²) >= 11 is 11.2. The van der Waals surface area contributed by atoms with Crippen LogP contribution in [0.25, 0.3) is 0 Å². The van der Waals surface area contributed by atoms with Crippen LogP contribution in [0.3, 0.4) is 0 Å². The summed E-state index contributed by atoms with van der Waals surface area (Å²) in [4.78, 5) is 0. The molecule has 0 saturated carbocycles. The van der Waals surface area contributed by atoms with Crippen molar-refractivity contribution in [3.05, 3.63) is 50.1 Å². The molecule has 19 heavy (non-hydrogen) atoms. The minimum Gasteiger partial charge on any atom is -0.483 e. The Bertz CT molecular complexity index is 532. The lowest BCUT2D eigenvalue weighted by Crippen LogP contribution is -2.31. The zero-order chi connectivity index (χ0) is 13.8. The number of thiophene rings is 1. The number of hydrogen-bond acceptors (Lipinski definition) is 3. The van der Waals surface area contributed by atoms with Crippen LogP contribution >= 0.6 is 38.9 Å². The van der Waals surface area contributed by atoms with Crippen molar-refractivity contribution in [1.29, 1.82) is 0 Å². The van der Waals surface area contributed by atoms with Gasteiger partial charge in [-0.3, -0.25) is 0 Å². The maximum Gasteiger partial charge on any atom is 0.140 e. The van der Waals surface area contributed by atoms with E-state index in [1.165, 1.54) is 0 Å². The molecule has 2 aromatic rings. The van der Waals surface area contributed by atoms with E-state index in [2.05, 4.69) is 28.2 Å². The van der Waals surface area contributed by atoms with Crippen molar-refractivity contribution in [2.75, 3.05) is 0 Å². The average molecular weight is 361 g/mol.